The Balaban J connectivity index is 1.73. The molecule has 0 N–H and O–H groups in total. The minimum atomic E-state index is -4.79. The van der Waals surface area contributed by atoms with E-state index in [1.807, 2.05) is 0 Å². The standard InChI is InChI=1S/C21H17BrF3N3O3/c1-31-14-8-10-27(11-14)19(29)13-6-4-12(5-7-13)15-3-2-9-28-18(15)26-17(21(23,24)25)16(22)20(28)30/h2-7,9,14H,8,10-11H2,1H3. The number of benzene rings is 1. The number of hydrogen-bond acceptors (Lipinski definition) is 4. The first kappa shape index (κ1) is 21.5. The lowest BCUT2D eigenvalue weighted by Crippen LogP contribution is -2.29. The molecule has 2 aromatic heterocycles. The molecular weight excluding hydrogens is 479 g/mol. The number of amides is 1. The Bertz CT molecular complexity index is 1210. The molecule has 10 heteroatoms. The quantitative estimate of drug-likeness (QED) is 0.550. The third kappa shape index (κ3) is 3.97. The van der Waals surface area contributed by atoms with Crippen molar-refractivity contribution in [1.29, 1.82) is 0 Å². The molecule has 0 saturated carbocycles. The normalized spacial score (nSPS) is 16.8. The van der Waals surface area contributed by atoms with Crippen LogP contribution in [0.5, 0.6) is 0 Å². The van der Waals surface area contributed by atoms with Crippen molar-refractivity contribution >= 4 is 27.5 Å². The largest absolute Gasteiger partial charge is 0.434 e. The van der Waals surface area contributed by atoms with Crippen LogP contribution in [0.3, 0.4) is 0 Å². The van der Waals surface area contributed by atoms with Gasteiger partial charge in [0.15, 0.2) is 5.69 Å². The molecule has 1 amide bonds. The highest BCUT2D eigenvalue weighted by Crippen LogP contribution is 2.33. The Morgan fingerprint density at radius 2 is 1.94 bits per heavy atom. The number of methoxy groups -OCH3 is 1. The van der Waals surface area contributed by atoms with Crippen molar-refractivity contribution < 1.29 is 22.7 Å². The van der Waals surface area contributed by atoms with E-state index in [0.29, 0.717) is 29.8 Å². The first-order valence-corrected chi connectivity index (χ1v) is 10.2. The van der Waals surface area contributed by atoms with Crippen LogP contribution in [0.1, 0.15) is 22.5 Å². The minimum Gasteiger partial charge on any atom is -0.380 e. The maximum absolute atomic E-state index is 13.3. The van der Waals surface area contributed by atoms with Crippen molar-refractivity contribution in [2.75, 3.05) is 20.2 Å². The highest BCUT2D eigenvalue weighted by Gasteiger charge is 2.37. The number of nitrogens with zero attached hydrogens (tertiary/aromatic N) is 3. The summed E-state index contributed by atoms with van der Waals surface area (Å²) in [5, 5.41) is 0. The minimum absolute atomic E-state index is 0.0189. The second-order valence-corrected chi connectivity index (χ2v) is 7.96. The van der Waals surface area contributed by atoms with Crippen LogP contribution in [0.2, 0.25) is 0 Å². The summed E-state index contributed by atoms with van der Waals surface area (Å²) in [6, 6.07) is 9.63. The van der Waals surface area contributed by atoms with Gasteiger partial charge < -0.3 is 9.64 Å². The Morgan fingerprint density at radius 3 is 2.55 bits per heavy atom. The van der Waals surface area contributed by atoms with Crippen LogP contribution < -0.4 is 5.56 Å². The van der Waals surface area contributed by atoms with Crippen molar-refractivity contribution in [3.8, 4) is 11.1 Å². The Labute approximate surface area is 183 Å². The van der Waals surface area contributed by atoms with E-state index in [1.54, 1.807) is 48.4 Å². The number of aromatic nitrogens is 2. The number of rotatable bonds is 3. The number of halogens is 4. The molecule has 3 heterocycles. The second-order valence-electron chi connectivity index (χ2n) is 7.17. The zero-order valence-corrected chi connectivity index (χ0v) is 17.9. The van der Waals surface area contributed by atoms with Crippen LogP contribution >= 0.6 is 15.9 Å². The van der Waals surface area contributed by atoms with Gasteiger partial charge in [-0.15, -0.1) is 0 Å². The van der Waals surface area contributed by atoms with E-state index in [9.17, 15) is 22.8 Å². The van der Waals surface area contributed by atoms with Crippen LogP contribution in [-0.2, 0) is 10.9 Å². The lowest BCUT2D eigenvalue weighted by Gasteiger charge is -2.16. The van der Waals surface area contributed by atoms with E-state index in [-0.39, 0.29) is 17.7 Å². The van der Waals surface area contributed by atoms with Gasteiger partial charge in [-0.05, 0) is 52.2 Å². The lowest BCUT2D eigenvalue weighted by atomic mass is 10.0. The summed E-state index contributed by atoms with van der Waals surface area (Å²) in [4.78, 5) is 30.6. The molecule has 1 unspecified atom stereocenters. The summed E-state index contributed by atoms with van der Waals surface area (Å²) < 4.78 is 45.7. The van der Waals surface area contributed by atoms with Crippen molar-refractivity contribution in [2.45, 2.75) is 18.7 Å². The fourth-order valence-electron chi connectivity index (χ4n) is 3.63. The molecule has 4 rings (SSSR count). The van der Waals surface area contributed by atoms with E-state index < -0.39 is 21.9 Å². The molecule has 1 aromatic carbocycles. The number of pyridine rings is 1. The average Bonchev–Trinajstić information content (AvgIpc) is 3.24. The molecule has 1 fully saturated rings. The summed E-state index contributed by atoms with van der Waals surface area (Å²) in [6.45, 7) is 1.12. The van der Waals surface area contributed by atoms with Crippen molar-refractivity contribution in [1.82, 2.24) is 14.3 Å². The van der Waals surface area contributed by atoms with Gasteiger partial charge in [0.1, 0.15) is 10.1 Å². The van der Waals surface area contributed by atoms with E-state index in [2.05, 4.69) is 20.9 Å². The number of carbonyl (C=O) groups is 1. The smallest absolute Gasteiger partial charge is 0.380 e. The maximum atomic E-state index is 13.3. The number of likely N-dealkylation sites (tertiary alicyclic amines) is 1. The molecule has 0 bridgehead atoms. The van der Waals surface area contributed by atoms with E-state index >= 15 is 0 Å². The van der Waals surface area contributed by atoms with E-state index in [0.717, 1.165) is 10.8 Å². The molecule has 3 aromatic rings. The molecule has 1 aliphatic heterocycles. The zero-order valence-electron chi connectivity index (χ0n) is 16.3. The zero-order chi connectivity index (χ0) is 22.3. The fourth-order valence-corrected chi connectivity index (χ4v) is 4.14. The Kier molecular flexibility index (Phi) is 5.61. The molecule has 31 heavy (non-hydrogen) atoms. The maximum Gasteiger partial charge on any atom is 0.434 e. The summed E-state index contributed by atoms with van der Waals surface area (Å²) in [5.74, 6) is -0.137. The summed E-state index contributed by atoms with van der Waals surface area (Å²) >= 11 is 2.72. The monoisotopic (exact) mass is 495 g/mol. The molecular formula is C21H17BrF3N3O3. The predicted octanol–water partition coefficient (Wildman–Crippen LogP) is 4.00. The van der Waals surface area contributed by atoms with Gasteiger partial charge in [-0.25, -0.2) is 4.98 Å². The van der Waals surface area contributed by atoms with Crippen molar-refractivity contribution in [3.05, 3.63) is 68.7 Å². The van der Waals surface area contributed by atoms with E-state index in [4.69, 9.17) is 4.74 Å². The average molecular weight is 496 g/mol. The van der Waals surface area contributed by atoms with Gasteiger partial charge in [0.25, 0.3) is 11.5 Å². The SMILES string of the molecule is COC1CCN(C(=O)c2ccc(-c3cccn4c(=O)c(Br)c(C(F)(F)F)nc34)cc2)C1. The second kappa shape index (κ2) is 8.08. The van der Waals surface area contributed by atoms with Gasteiger partial charge >= 0.3 is 6.18 Å². The molecule has 0 aliphatic carbocycles. The van der Waals surface area contributed by atoms with Crippen LogP contribution in [0.15, 0.2) is 51.9 Å². The van der Waals surface area contributed by atoms with Crippen LogP contribution in [0.4, 0.5) is 13.2 Å². The van der Waals surface area contributed by atoms with Gasteiger partial charge in [0.2, 0.25) is 0 Å². The first-order chi connectivity index (χ1) is 14.7. The van der Waals surface area contributed by atoms with Crippen LogP contribution in [0, 0.1) is 0 Å². The molecule has 1 saturated heterocycles. The van der Waals surface area contributed by atoms with Crippen LogP contribution in [0.25, 0.3) is 16.8 Å². The molecule has 6 nitrogen and oxygen atoms in total. The number of hydrogen-bond donors (Lipinski definition) is 0. The third-order valence-electron chi connectivity index (χ3n) is 5.28. The number of alkyl halides is 3. The highest BCUT2D eigenvalue weighted by molar-refractivity contribution is 9.10. The number of fused-ring (bicyclic) bond motifs is 1. The molecule has 0 radical (unpaired) electrons. The van der Waals surface area contributed by atoms with Crippen LogP contribution in [-0.4, -0.2) is 46.5 Å². The van der Waals surface area contributed by atoms with Gasteiger partial charge in [0, 0.05) is 37.5 Å². The summed E-state index contributed by atoms with van der Waals surface area (Å²) in [5.41, 5.74) is -0.911. The number of carbonyl (C=O) groups excluding carboxylic acids is 1. The fraction of sp³-hybridized carbons (Fsp3) is 0.286. The third-order valence-corrected chi connectivity index (χ3v) is 5.99. The van der Waals surface area contributed by atoms with Gasteiger partial charge in [-0.3, -0.25) is 14.0 Å². The van der Waals surface area contributed by atoms with E-state index in [1.165, 1.54) is 6.20 Å². The summed E-state index contributed by atoms with van der Waals surface area (Å²) in [6.07, 6.45) is -2.64. The Hall–Kier alpha value is -2.72. The Morgan fingerprint density at radius 1 is 1.23 bits per heavy atom. The van der Waals surface area contributed by atoms with Gasteiger partial charge in [-0.1, -0.05) is 12.1 Å². The first-order valence-electron chi connectivity index (χ1n) is 9.41. The molecule has 1 atom stereocenters. The molecule has 1 aliphatic rings. The lowest BCUT2D eigenvalue weighted by molar-refractivity contribution is -0.141. The topological polar surface area (TPSA) is 63.9 Å². The van der Waals surface area contributed by atoms with Crippen molar-refractivity contribution in [2.24, 2.45) is 0 Å². The highest BCUT2D eigenvalue weighted by atomic mass is 79.9. The van der Waals surface area contributed by atoms with Gasteiger partial charge in [-0.2, -0.15) is 13.2 Å². The molecule has 0 spiro atoms. The van der Waals surface area contributed by atoms with Crippen molar-refractivity contribution in [3.63, 3.8) is 0 Å². The molecule has 162 valence electrons. The summed E-state index contributed by atoms with van der Waals surface area (Å²) in [7, 11) is 1.61. The van der Waals surface area contributed by atoms with Gasteiger partial charge in [0.05, 0.1) is 6.10 Å². The predicted molar refractivity (Wildman–Crippen MR) is 111 cm³/mol. The number of ether oxygens (including phenoxy) is 1.